The molecule has 0 aliphatic carbocycles. The lowest BCUT2D eigenvalue weighted by atomic mass is 9.93. The predicted octanol–water partition coefficient (Wildman–Crippen LogP) is 11.7. The third kappa shape index (κ3) is 6.15. The Kier molecular flexibility index (Phi) is 8.45. The largest absolute Gasteiger partial charge is 0.311 e. The van der Waals surface area contributed by atoms with E-state index in [1.807, 2.05) is 0 Å². The number of unbranched alkanes of at least 4 members (excludes halogenated alkanes) is 1. The van der Waals surface area contributed by atoms with Crippen molar-refractivity contribution >= 4 is 17.1 Å². The van der Waals surface area contributed by atoms with Crippen LogP contribution in [0.15, 0.2) is 97.1 Å². The first-order valence-electron chi connectivity index (χ1n) is 15.0. The van der Waals surface area contributed by atoms with Crippen LogP contribution in [0.5, 0.6) is 0 Å². The van der Waals surface area contributed by atoms with Crippen LogP contribution >= 0.6 is 0 Å². The van der Waals surface area contributed by atoms with Crippen LogP contribution < -0.4 is 4.90 Å². The molecule has 0 atom stereocenters. The molecule has 208 valence electrons. The Hall–Kier alpha value is -4.10. The van der Waals surface area contributed by atoms with Gasteiger partial charge in [0.15, 0.2) is 0 Å². The second-order valence-electron chi connectivity index (χ2n) is 11.7. The highest BCUT2D eigenvalue weighted by molar-refractivity contribution is 5.81. The summed E-state index contributed by atoms with van der Waals surface area (Å²) in [6.45, 7) is 15.5. The summed E-state index contributed by atoms with van der Waals surface area (Å²) in [5.74, 6) is 0. The molecule has 1 nitrogen and oxygen atoms in total. The van der Waals surface area contributed by atoms with Crippen molar-refractivity contribution in [3.05, 3.63) is 136 Å². The highest BCUT2D eigenvalue weighted by Gasteiger charge is 2.15. The smallest absolute Gasteiger partial charge is 0.0462 e. The minimum Gasteiger partial charge on any atom is -0.311 e. The Morgan fingerprint density at radius 3 is 1.15 bits per heavy atom. The van der Waals surface area contributed by atoms with Crippen LogP contribution in [0.4, 0.5) is 17.1 Å². The summed E-state index contributed by atoms with van der Waals surface area (Å²) in [5, 5.41) is 0. The monoisotopic (exact) mass is 537 g/mol. The van der Waals surface area contributed by atoms with Gasteiger partial charge in [-0.1, -0.05) is 85.1 Å². The first-order valence-corrected chi connectivity index (χ1v) is 15.0. The van der Waals surface area contributed by atoms with E-state index in [0.29, 0.717) is 0 Å². The Labute approximate surface area is 247 Å². The van der Waals surface area contributed by atoms with Gasteiger partial charge in [-0.3, -0.25) is 0 Å². The van der Waals surface area contributed by atoms with Gasteiger partial charge in [0.1, 0.15) is 0 Å². The summed E-state index contributed by atoms with van der Waals surface area (Å²) < 4.78 is 0. The molecule has 0 saturated heterocycles. The Morgan fingerprint density at radius 1 is 0.463 bits per heavy atom. The second kappa shape index (κ2) is 12.2. The van der Waals surface area contributed by atoms with Gasteiger partial charge in [-0.15, -0.1) is 0 Å². The van der Waals surface area contributed by atoms with E-state index in [0.717, 1.165) is 17.8 Å². The molecular formula is C40H43N. The van der Waals surface area contributed by atoms with Crippen molar-refractivity contribution in [3.8, 4) is 22.3 Å². The molecule has 0 N–H and O–H groups in total. The van der Waals surface area contributed by atoms with E-state index in [4.69, 9.17) is 0 Å². The fourth-order valence-corrected chi connectivity index (χ4v) is 6.46. The summed E-state index contributed by atoms with van der Waals surface area (Å²) in [6.07, 6.45) is 3.57. The minimum absolute atomic E-state index is 1.13. The number of aryl methyl sites for hydroxylation is 7. The molecule has 5 aromatic carbocycles. The van der Waals surface area contributed by atoms with E-state index in [1.165, 1.54) is 79.7 Å². The van der Waals surface area contributed by atoms with Gasteiger partial charge in [-0.25, -0.2) is 0 Å². The normalized spacial score (nSPS) is 11.1. The van der Waals surface area contributed by atoms with Crippen LogP contribution in [0, 0.1) is 41.5 Å². The molecule has 0 saturated carbocycles. The lowest BCUT2D eigenvalue weighted by Gasteiger charge is -2.26. The Balaban J connectivity index is 1.55. The van der Waals surface area contributed by atoms with Crippen molar-refractivity contribution in [1.29, 1.82) is 0 Å². The van der Waals surface area contributed by atoms with Gasteiger partial charge in [0.05, 0.1) is 0 Å². The molecule has 0 unspecified atom stereocenters. The quantitative estimate of drug-likeness (QED) is 0.190. The van der Waals surface area contributed by atoms with Gasteiger partial charge in [-0.05, 0) is 141 Å². The first kappa shape index (κ1) is 28.4. The molecule has 0 aliphatic heterocycles. The predicted molar refractivity (Wildman–Crippen MR) is 179 cm³/mol. The fraction of sp³-hybridized carbons (Fsp3) is 0.250. The highest BCUT2D eigenvalue weighted by Crippen LogP contribution is 2.38. The molecule has 0 spiro atoms. The van der Waals surface area contributed by atoms with Crippen molar-refractivity contribution in [2.75, 3.05) is 4.90 Å². The molecule has 0 radical (unpaired) electrons. The molecule has 0 fully saturated rings. The molecule has 0 bridgehead atoms. The van der Waals surface area contributed by atoms with Crippen LogP contribution in [-0.4, -0.2) is 0 Å². The van der Waals surface area contributed by atoms with Crippen LogP contribution in [0.1, 0.15) is 58.7 Å². The van der Waals surface area contributed by atoms with Gasteiger partial charge in [0.25, 0.3) is 0 Å². The standard InChI is InChI=1S/C40H43N/c1-8-9-10-33-11-17-36(18-12-33)41(37-19-13-34(14-20-37)39-29(4)23-27(2)24-30(39)5)38-21-15-35(16-22-38)40-31(6)25-28(3)26-32(40)7/h11-26H,8-10H2,1-7H3. The summed E-state index contributed by atoms with van der Waals surface area (Å²) in [6, 6.07) is 36.4. The highest BCUT2D eigenvalue weighted by atomic mass is 15.1. The van der Waals surface area contributed by atoms with E-state index in [1.54, 1.807) is 0 Å². The van der Waals surface area contributed by atoms with Crippen molar-refractivity contribution in [2.24, 2.45) is 0 Å². The maximum atomic E-state index is 2.38. The van der Waals surface area contributed by atoms with Gasteiger partial charge >= 0.3 is 0 Å². The lowest BCUT2D eigenvalue weighted by Crippen LogP contribution is -2.10. The maximum absolute atomic E-state index is 2.38. The Bertz CT molecular complexity index is 1490. The van der Waals surface area contributed by atoms with Crippen molar-refractivity contribution < 1.29 is 0 Å². The maximum Gasteiger partial charge on any atom is 0.0462 e. The lowest BCUT2D eigenvalue weighted by molar-refractivity contribution is 0.795. The van der Waals surface area contributed by atoms with Gasteiger partial charge in [-0.2, -0.15) is 0 Å². The molecule has 41 heavy (non-hydrogen) atoms. The van der Waals surface area contributed by atoms with Crippen LogP contribution in [0.25, 0.3) is 22.3 Å². The molecule has 0 aliphatic rings. The molecule has 0 amide bonds. The average molecular weight is 538 g/mol. The number of hydrogen-bond donors (Lipinski definition) is 0. The van der Waals surface area contributed by atoms with E-state index in [9.17, 15) is 0 Å². The topological polar surface area (TPSA) is 3.24 Å². The number of benzene rings is 5. The number of rotatable bonds is 8. The summed E-state index contributed by atoms with van der Waals surface area (Å²) in [7, 11) is 0. The number of anilines is 3. The van der Waals surface area contributed by atoms with Crippen molar-refractivity contribution in [3.63, 3.8) is 0 Å². The molecule has 1 heteroatoms. The zero-order valence-corrected chi connectivity index (χ0v) is 25.8. The van der Waals surface area contributed by atoms with Crippen molar-refractivity contribution in [1.82, 2.24) is 0 Å². The second-order valence-corrected chi connectivity index (χ2v) is 11.7. The summed E-state index contributed by atoms with van der Waals surface area (Å²) >= 11 is 0. The van der Waals surface area contributed by atoms with E-state index < -0.39 is 0 Å². The van der Waals surface area contributed by atoms with Gasteiger partial charge in [0.2, 0.25) is 0 Å². The van der Waals surface area contributed by atoms with Crippen LogP contribution in [-0.2, 0) is 6.42 Å². The Morgan fingerprint density at radius 2 is 0.805 bits per heavy atom. The number of nitrogens with zero attached hydrogens (tertiary/aromatic N) is 1. The van der Waals surface area contributed by atoms with Crippen molar-refractivity contribution in [2.45, 2.75) is 67.7 Å². The van der Waals surface area contributed by atoms with Crippen LogP contribution in [0.3, 0.4) is 0 Å². The van der Waals surface area contributed by atoms with E-state index >= 15 is 0 Å². The van der Waals surface area contributed by atoms with Gasteiger partial charge < -0.3 is 4.90 Å². The van der Waals surface area contributed by atoms with E-state index in [2.05, 4.69) is 150 Å². The first-order chi connectivity index (χ1) is 19.7. The zero-order valence-electron chi connectivity index (χ0n) is 25.8. The molecule has 5 aromatic rings. The molecule has 5 rings (SSSR count). The van der Waals surface area contributed by atoms with Gasteiger partial charge in [0, 0.05) is 17.1 Å². The SMILES string of the molecule is CCCCc1ccc(N(c2ccc(-c3c(C)cc(C)cc3C)cc2)c2ccc(-c3c(C)cc(C)cc3C)cc2)cc1. The average Bonchev–Trinajstić information content (AvgIpc) is 2.93. The van der Waals surface area contributed by atoms with E-state index in [-0.39, 0.29) is 0 Å². The fourth-order valence-electron chi connectivity index (χ4n) is 6.46. The third-order valence-corrected chi connectivity index (χ3v) is 8.20. The summed E-state index contributed by atoms with van der Waals surface area (Å²) in [4.78, 5) is 2.38. The minimum atomic E-state index is 1.13. The molecule has 0 heterocycles. The zero-order chi connectivity index (χ0) is 29.1. The third-order valence-electron chi connectivity index (χ3n) is 8.20. The molecular weight excluding hydrogens is 494 g/mol. The summed E-state index contributed by atoms with van der Waals surface area (Å²) in [5.41, 5.74) is 18.0. The van der Waals surface area contributed by atoms with Crippen LogP contribution in [0.2, 0.25) is 0 Å². The number of hydrogen-bond acceptors (Lipinski definition) is 1. The molecule has 0 aromatic heterocycles.